The Hall–Kier alpha value is -3.47. The number of H-pyrrole nitrogens is 2. The van der Waals surface area contributed by atoms with E-state index in [2.05, 4.69) is 19.9 Å². The van der Waals surface area contributed by atoms with Gasteiger partial charge in [0.1, 0.15) is 5.65 Å². The van der Waals surface area contributed by atoms with Crippen LogP contribution in [0.3, 0.4) is 0 Å². The van der Waals surface area contributed by atoms with Gasteiger partial charge < -0.3 is 9.97 Å². The minimum Gasteiger partial charge on any atom is -0.339 e. The molecule has 4 aromatic rings. The Morgan fingerprint density at radius 3 is 2.67 bits per heavy atom. The van der Waals surface area contributed by atoms with Crippen LogP contribution in [0, 0.1) is 0 Å². The van der Waals surface area contributed by atoms with Gasteiger partial charge in [-0.15, -0.1) is 0 Å². The van der Waals surface area contributed by atoms with E-state index in [1.165, 1.54) is 6.33 Å². The molecule has 0 aliphatic carbocycles. The lowest BCUT2D eigenvalue weighted by molar-refractivity contribution is 1.16. The highest BCUT2D eigenvalue weighted by molar-refractivity contribution is 5.82. The molecular formula is C19H14N4O. The zero-order valence-electron chi connectivity index (χ0n) is 12.7. The predicted molar refractivity (Wildman–Crippen MR) is 95.3 cm³/mol. The lowest BCUT2D eigenvalue weighted by Crippen LogP contribution is -2.04. The molecule has 0 bridgehead atoms. The van der Waals surface area contributed by atoms with Gasteiger partial charge in [0.05, 0.1) is 17.4 Å². The summed E-state index contributed by atoms with van der Waals surface area (Å²) in [4.78, 5) is 26.1. The van der Waals surface area contributed by atoms with E-state index in [-0.39, 0.29) is 5.56 Å². The summed E-state index contributed by atoms with van der Waals surface area (Å²) in [5.74, 6) is 0. The van der Waals surface area contributed by atoms with Crippen molar-refractivity contribution < 1.29 is 0 Å². The van der Waals surface area contributed by atoms with Gasteiger partial charge in [-0.2, -0.15) is 0 Å². The van der Waals surface area contributed by atoms with Crippen molar-refractivity contribution in [2.24, 2.45) is 0 Å². The molecule has 2 N–H and O–H groups in total. The Kier molecular flexibility index (Phi) is 3.51. The minimum atomic E-state index is -0.152. The summed E-state index contributed by atoms with van der Waals surface area (Å²) in [7, 11) is 0. The van der Waals surface area contributed by atoms with Crippen molar-refractivity contribution >= 4 is 23.2 Å². The fourth-order valence-electron chi connectivity index (χ4n) is 2.56. The van der Waals surface area contributed by atoms with Crippen LogP contribution in [-0.4, -0.2) is 19.9 Å². The molecule has 0 saturated heterocycles. The Labute approximate surface area is 137 Å². The van der Waals surface area contributed by atoms with E-state index in [1.54, 1.807) is 12.3 Å². The topological polar surface area (TPSA) is 74.4 Å². The number of aromatic amines is 2. The van der Waals surface area contributed by atoms with Crippen LogP contribution in [0.5, 0.6) is 0 Å². The standard InChI is InChI=1S/C19H14N4O/c24-19-16-11-17(23-18(16)21-12-22-19)14-8-9-20-15(10-14)7-6-13-4-2-1-3-5-13/h1-12H,(H2,21,22,23,24)/b7-6+. The third kappa shape index (κ3) is 2.75. The third-order valence-corrected chi connectivity index (χ3v) is 3.77. The average Bonchev–Trinajstić information content (AvgIpc) is 3.07. The summed E-state index contributed by atoms with van der Waals surface area (Å²) in [6.45, 7) is 0. The summed E-state index contributed by atoms with van der Waals surface area (Å²) < 4.78 is 0. The Bertz CT molecular complexity index is 1080. The number of pyridine rings is 1. The fraction of sp³-hybridized carbons (Fsp3) is 0. The molecule has 0 radical (unpaired) electrons. The lowest BCUT2D eigenvalue weighted by Gasteiger charge is -1.99. The third-order valence-electron chi connectivity index (χ3n) is 3.77. The molecule has 0 aliphatic rings. The van der Waals surface area contributed by atoms with Crippen LogP contribution < -0.4 is 5.56 Å². The maximum Gasteiger partial charge on any atom is 0.260 e. The van der Waals surface area contributed by atoms with Gasteiger partial charge in [0, 0.05) is 17.5 Å². The molecule has 0 unspecified atom stereocenters. The van der Waals surface area contributed by atoms with Gasteiger partial charge in [0.2, 0.25) is 0 Å². The van der Waals surface area contributed by atoms with E-state index >= 15 is 0 Å². The van der Waals surface area contributed by atoms with Gasteiger partial charge in [-0.1, -0.05) is 36.4 Å². The molecule has 3 aromatic heterocycles. The molecule has 0 fully saturated rings. The molecule has 0 atom stereocenters. The second-order valence-corrected chi connectivity index (χ2v) is 5.39. The van der Waals surface area contributed by atoms with Gasteiger partial charge >= 0.3 is 0 Å². The summed E-state index contributed by atoms with van der Waals surface area (Å²) >= 11 is 0. The second-order valence-electron chi connectivity index (χ2n) is 5.39. The normalized spacial score (nSPS) is 11.3. The van der Waals surface area contributed by atoms with Gasteiger partial charge in [-0.05, 0) is 29.8 Å². The summed E-state index contributed by atoms with van der Waals surface area (Å²) in [6, 6.07) is 15.7. The lowest BCUT2D eigenvalue weighted by atomic mass is 10.1. The number of aromatic nitrogens is 4. The number of nitrogens with one attached hydrogen (secondary N) is 2. The quantitative estimate of drug-likeness (QED) is 0.608. The molecule has 116 valence electrons. The number of hydrogen-bond acceptors (Lipinski definition) is 3. The molecule has 24 heavy (non-hydrogen) atoms. The van der Waals surface area contributed by atoms with Gasteiger partial charge in [-0.3, -0.25) is 9.78 Å². The minimum absolute atomic E-state index is 0.152. The number of nitrogens with zero attached hydrogens (tertiary/aromatic N) is 2. The summed E-state index contributed by atoms with van der Waals surface area (Å²) in [5, 5.41) is 0.547. The van der Waals surface area contributed by atoms with Crippen LogP contribution in [-0.2, 0) is 0 Å². The highest BCUT2D eigenvalue weighted by Crippen LogP contribution is 2.22. The molecule has 5 nitrogen and oxygen atoms in total. The van der Waals surface area contributed by atoms with Crippen LogP contribution in [0.1, 0.15) is 11.3 Å². The van der Waals surface area contributed by atoms with E-state index in [0.717, 1.165) is 22.5 Å². The van der Waals surface area contributed by atoms with E-state index in [1.807, 2.05) is 54.6 Å². The van der Waals surface area contributed by atoms with Gasteiger partial charge in [0.25, 0.3) is 5.56 Å². The van der Waals surface area contributed by atoms with Crippen molar-refractivity contribution in [1.29, 1.82) is 0 Å². The first kappa shape index (κ1) is 14.1. The molecule has 0 spiro atoms. The summed E-state index contributed by atoms with van der Waals surface area (Å²) in [5.41, 5.74) is 4.18. The van der Waals surface area contributed by atoms with Crippen LogP contribution >= 0.6 is 0 Å². The highest BCUT2D eigenvalue weighted by atomic mass is 16.1. The Morgan fingerprint density at radius 1 is 0.958 bits per heavy atom. The summed E-state index contributed by atoms with van der Waals surface area (Å²) in [6.07, 6.45) is 7.13. The van der Waals surface area contributed by atoms with Crippen molar-refractivity contribution in [1.82, 2.24) is 19.9 Å². The number of benzene rings is 1. The number of rotatable bonds is 3. The van der Waals surface area contributed by atoms with Crippen molar-refractivity contribution in [2.75, 3.05) is 0 Å². The molecule has 0 amide bonds. The van der Waals surface area contributed by atoms with Gasteiger partial charge in [-0.25, -0.2) is 4.98 Å². The maximum absolute atomic E-state index is 11.8. The van der Waals surface area contributed by atoms with Crippen LogP contribution in [0.4, 0.5) is 0 Å². The molecular weight excluding hydrogens is 300 g/mol. The van der Waals surface area contributed by atoms with E-state index < -0.39 is 0 Å². The van der Waals surface area contributed by atoms with Crippen LogP contribution in [0.2, 0.25) is 0 Å². The fourth-order valence-corrected chi connectivity index (χ4v) is 2.56. The zero-order valence-corrected chi connectivity index (χ0v) is 12.7. The largest absolute Gasteiger partial charge is 0.339 e. The molecule has 0 saturated carbocycles. The molecule has 5 heteroatoms. The number of hydrogen-bond donors (Lipinski definition) is 2. The number of fused-ring (bicyclic) bond motifs is 1. The van der Waals surface area contributed by atoms with E-state index in [4.69, 9.17) is 0 Å². The van der Waals surface area contributed by atoms with Crippen LogP contribution in [0.15, 0.2) is 65.8 Å². The maximum atomic E-state index is 11.8. The molecule has 1 aromatic carbocycles. The second kappa shape index (κ2) is 5.96. The zero-order chi connectivity index (χ0) is 16.4. The van der Waals surface area contributed by atoms with Crippen molar-refractivity contribution in [2.45, 2.75) is 0 Å². The first-order valence-electron chi connectivity index (χ1n) is 7.55. The first-order chi connectivity index (χ1) is 11.8. The van der Waals surface area contributed by atoms with Crippen LogP contribution in [0.25, 0.3) is 34.4 Å². The Morgan fingerprint density at radius 2 is 1.83 bits per heavy atom. The molecule has 0 aliphatic heterocycles. The average molecular weight is 314 g/mol. The smallest absolute Gasteiger partial charge is 0.260 e. The van der Waals surface area contributed by atoms with E-state index in [9.17, 15) is 4.79 Å². The predicted octanol–water partition coefficient (Wildman–Crippen LogP) is 3.48. The van der Waals surface area contributed by atoms with Crippen molar-refractivity contribution in [3.05, 3.63) is 82.7 Å². The Balaban J connectivity index is 1.70. The van der Waals surface area contributed by atoms with Gasteiger partial charge in [0.15, 0.2) is 0 Å². The first-order valence-corrected chi connectivity index (χ1v) is 7.55. The van der Waals surface area contributed by atoms with E-state index in [0.29, 0.717) is 11.0 Å². The van der Waals surface area contributed by atoms with Crippen molar-refractivity contribution in [3.63, 3.8) is 0 Å². The van der Waals surface area contributed by atoms with Crippen molar-refractivity contribution in [3.8, 4) is 11.3 Å². The molecule has 3 heterocycles. The monoisotopic (exact) mass is 314 g/mol. The molecule has 4 rings (SSSR count). The SMILES string of the molecule is O=c1[nH]cnc2[nH]c(-c3ccnc(/C=C/c4ccccc4)c3)cc12. The highest BCUT2D eigenvalue weighted by Gasteiger charge is 2.07.